The summed E-state index contributed by atoms with van der Waals surface area (Å²) >= 11 is 7.59. The minimum absolute atomic E-state index is 0.205. The minimum Gasteiger partial charge on any atom is -0.464 e. The molecule has 0 saturated heterocycles. The fourth-order valence-corrected chi connectivity index (χ4v) is 2.91. The van der Waals surface area contributed by atoms with Crippen LogP contribution >= 0.6 is 23.4 Å². The molecule has 2 rings (SSSR count). The lowest BCUT2D eigenvalue weighted by Crippen LogP contribution is -2.48. The summed E-state index contributed by atoms with van der Waals surface area (Å²) in [7, 11) is 0. The topological polar surface area (TPSA) is 84.5 Å². The molecule has 0 spiro atoms. The first-order chi connectivity index (χ1) is 12.5. The van der Waals surface area contributed by atoms with Gasteiger partial charge in [-0.3, -0.25) is 14.4 Å². The molecule has 2 N–H and O–H groups in total. The van der Waals surface area contributed by atoms with Gasteiger partial charge in [-0.25, -0.2) is 0 Å². The molecule has 0 radical (unpaired) electrons. The van der Waals surface area contributed by atoms with Crippen LogP contribution in [0.3, 0.4) is 0 Å². The van der Waals surface area contributed by atoms with E-state index < -0.39 is 23.8 Å². The predicted octanol–water partition coefficient (Wildman–Crippen LogP) is 2.26. The van der Waals surface area contributed by atoms with Crippen LogP contribution in [0.15, 0.2) is 24.3 Å². The molecule has 1 fully saturated rings. The van der Waals surface area contributed by atoms with Crippen LogP contribution in [0.5, 0.6) is 0 Å². The highest BCUT2D eigenvalue weighted by atomic mass is 35.5. The summed E-state index contributed by atoms with van der Waals surface area (Å²) in [5, 5.41) is 5.55. The molecule has 1 unspecified atom stereocenters. The Morgan fingerprint density at radius 1 is 1.31 bits per heavy atom. The number of carbonyl (C=O) groups is 3. The zero-order valence-corrected chi connectivity index (χ0v) is 16.2. The molecule has 1 saturated carbocycles. The molecule has 0 aromatic heterocycles. The van der Waals surface area contributed by atoms with Crippen molar-refractivity contribution in [1.82, 2.24) is 10.6 Å². The monoisotopic (exact) mass is 398 g/mol. The number of halogens is 1. The van der Waals surface area contributed by atoms with E-state index in [0.717, 1.165) is 12.8 Å². The molecule has 26 heavy (non-hydrogen) atoms. The van der Waals surface area contributed by atoms with Gasteiger partial charge in [0.15, 0.2) is 0 Å². The van der Waals surface area contributed by atoms with Gasteiger partial charge in [0.05, 0.1) is 17.2 Å². The van der Waals surface area contributed by atoms with Crippen LogP contribution in [0.25, 0.3) is 0 Å². The van der Waals surface area contributed by atoms with Crippen LogP contribution in [0.1, 0.15) is 29.6 Å². The lowest BCUT2D eigenvalue weighted by molar-refractivity contribution is -0.144. The summed E-state index contributed by atoms with van der Waals surface area (Å²) in [6.07, 6.45) is 4.54. The van der Waals surface area contributed by atoms with E-state index >= 15 is 0 Å². The second-order valence-corrected chi connectivity index (χ2v) is 7.52. The first kappa shape index (κ1) is 20.6. The zero-order chi connectivity index (χ0) is 18.9. The molecule has 1 aliphatic rings. The number of carbonyl (C=O) groups excluding carboxylic acids is 3. The van der Waals surface area contributed by atoms with Gasteiger partial charge in [0, 0.05) is 0 Å². The van der Waals surface area contributed by atoms with Crippen molar-refractivity contribution in [3.8, 4) is 0 Å². The third-order valence-corrected chi connectivity index (χ3v) is 4.91. The van der Waals surface area contributed by atoms with Gasteiger partial charge in [0.25, 0.3) is 5.91 Å². The number of hydrogen-bond donors (Lipinski definition) is 2. The predicted molar refractivity (Wildman–Crippen MR) is 102 cm³/mol. The maximum atomic E-state index is 12.4. The van der Waals surface area contributed by atoms with Gasteiger partial charge in [-0.15, -0.1) is 0 Å². The largest absolute Gasteiger partial charge is 0.464 e. The molecular weight excluding hydrogens is 376 g/mol. The highest BCUT2D eigenvalue weighted by Crippen LogP contribution is 2.28. The Kier molecular flexibility index (Phi) is 8.25. The standard InChI is InChI=1S/C18H23ClN2O4S/c1-26-9-8-15(21-17(23)13-4-2-3-5-14(13)19)18(24)20-10-16(22)25-11-12-6-7-12/h2-5,12,15H,6-11H2,1H3,(H,20,24)(H,21,23). The number of amides is 2. The molecule has 1 aromatic rings. The van der Waals surface area contributed by atoms with Crippen molar-refractivity contribution in [2.24, 2.45) is 5.92 Å². The molecule has 2 amide bonds. The van der Waals surface area contributed by atoms with Crippen LogP contribution < -0.4 is 10.6 Å². The fourth-order valence-electron chi connectivity index (χ4n) is 2.21. The van der Waals surface area contributed by atoms with Crippen molar-refractivity contribution in [2.45, 2.75) is 25.3 Å². The maximum Gasteiger partial charge on any atom is 0.325 e. The SMILES string of the molecule is CSCCC(NC(=O)c1ccccc1Cl)C(=O)NCC(=O)OCC1CC1. The van der Waals surface area contributed by atoms with E-state index in [0.29, 0.717) is 35.3 Å². The van der Waals surface area contributed by atoms with E-state index in [1.165, 1.54) is 0 Å². The van der Waals surface area contributed by atoms with Gasteiger partial charge in [-0.2, -0.15) is 11.8 Å². The van der Waals surface area contributed by atoms with Gasteiger partial charge in [0.1, 0.15) is 12.6 Å². The number of ether oxygens (including phenoxy) is 1. The third kappa shape index (κ3) is 6.88. The lowest BCUT2D eigenvalue weighted by atomic mass is 10.1. The normalized spacial score (nSPS) is 14.4. The summed E-state index contributed by atoms with van der Waals surface area (Å²) in [4.78, 5) is 36.4. The van der Waals surface area contributed by atoms with Crippen LogP contribution in [0, 0.1) is 5.92 Å². The van der Waals surface area contributed by atoms with E-state index in [1.807, 2.05) is 6.26 Å². The van der Waals surface area contributed by atoms with Crippen molar-refractivity contribution in [3.63, 3.8) is 0 Å². The highest BCUT2D eigenvalue weighted by Gasteiger charge is 2.25. The Morgan fingerprint density at radius 3 is 2.69 bits per heavy atom. The van der Waals surface area contributed by atoms with Crippen LogP contribution in [0.4, 0.5) is 0 Å². The summed E-state index contributed by atoms with van der Waals surface area (Å²) in [5.41, 5.74) is 0.306. The molecule has 1 aromatic carbocycles. The van der Waals surface area contributed by atoms with Crippen molar-refractivity contribution in [1.29, 1.82) is 0 Å². The number of nitrogens with one attached hydrogen (secondary N) is 2. The number of thioether (sulfide) groups is 1. The van der Waals surface area contributed by atoms with Crippen LogP contribution in [-0.4, -0.2) is 49.0 Å². The summed E-state index contributed by atoms with van der Waals surface area (Å²) in [6, 6.07) is 5.89. The molecule has 0 heterocycles. The smallest absolute Gasteiger partial charge is 0.325 e. The Labute approximate surface area is 162 Å². The van der Waals surface area contributed by atoms with Gasteiger partial charge < -0.3 is 15.4 Å². The molecule has 1 atom stereocenters. The number of esters is 1. The first-order valence-electron chi connectivity index (χ1n) is 8.49. The minimum atomic E-state index is -0.748. The van der Waals surface area contributed by atoms with Crippen molar-refractivity contribution in [2.75, 3.05) is 25.2 Å². The number of benzene rings is 1. The molecule has 1 aliphatic carbocycles. The van der Waals surface area contributed by atoms with Crippen molar-refractivity contribution in [3.05, 3.63) is 34.9 Å². The van der Waals surface area contributed by atoms with Gasteiger partial charge in [-0.05, 0) is 49.3 Å². The quantitative estimate of drug-likeness (QED) is 0.590. The van der Waals surface area contributed by atoms with Crippen LogP contribution in [-0.2, 0) is 14.3 Å². The molecular formula is C18H23ClN2O4S. The van der Waals surface area contributed by atoms with Gasteiger partial charge in [0.2, 0.25) is 5.91 Å². The second-order valence-electron chi connectivity index (χ2n) is 6.13. The average molecular weight is 399 g/mol. The Balaban J connectivity index is 1.87. The van der Waals surface area contributed by atoms with E-state index in [9.17, 15) is 14.4 Å². The Bertz CT molecular complexity index is 652. The van der Waals surface area contributed by atoms with Gasteiger partial charge in [-0.1, -0.05) is 23.7 Å². The summed E-state index contributed by atoms with van der Waals surface area (Å²) in [6.45, 7) is 0.205. The summed E-state index contributed by atoms with van der Waals surface area (Å²) in [5.74, 6) is -0.145. The van der Waals surface area contributed by atoms with E-state index in [-0.39, 0.29) is 6.54 Å². The van der Waals surface area contributed by atoms with E-state index in [2.05, 4.69) is 10.6 Å². The maximum absolute atomic E-state index is 12.4. The highest BCUT2D eigenvalue weighted by molar-refractivity contribution is 7.98. The Morgan fingerprint density at radius 2 is 2.04 bits per heavy atom. The first-order valence-corrected chi connectivity index (χ1v) is 10.3. The molecule has 8 heteroatoms. The van der Waals surface area contributed by atoms with Gasteiger partial charge >= 0.3 is 5.97 Å². The van der Waals surface area contributed by atoms with Crippen molar-refractivity contribution < 1.29 is 19.1 Å². The fraction of sp³-hybridized carbons (Fsp3) is 0.500. The van der Waals surface area contributed by atoms with E-state index in [4.69, 9.17) is 16.3 Å². The second kappa shape index (κ2) is 10.4. The third-order valence-electron chi connectivity index (χ3n) is 3.93. The molecule has 6 nitrogen and oxygen atoms in total. The molecule has 0 bridgehead atoms. The van der Waals surface area contributed by atoms with E-state index in [1.54, 1.807) is 36.0 Å². The zero-order valence-electron chi connectivity index (χ0n) is 14.6. The lowest BCUT2D eigenvalue weighted by Gasteiger charge is -2.18. The average Bonchev–Trinajstić information content (AvgIpc) is 3.46. The van der Waals surface area contributed by atoms with Crippen molar-refractivity contribution >= 4 is 41.1 Å². The summed E-state index contributed by atoms with van der Waals surface area (Å²) < 4.78 is 5.08. The molecule has 0 aliphatic heterocycles. The molecule has 142 valence electrons. The number of rotatable bonds is 10. The Hall–Kier alpha value is -1.73. The van der Waals surface area contributed by atoms with Crippen LogP contribution in [0.2, 0.25) is 5.02 Å². The number of hydrogen-bond acceptors (Lipinski definition) is 5.